The van der Waals surface area contributed by atoms with Crippen molar-refractivity contribution in [2.45, 2.75) is 44.3 Å². The molecule has 1 aromatic rings. The smallest absolute Gasteiger partial charge is 0.370 e. The fourth-order valence-corrected chi connectivity index (χ4v) is 3.84. The second kappa shape index (κ2) is 5.20. The molecule has 2 atom stereocenters. The number of halogens is 3. The number of aryl methyl sites for hydroxylation is 1. The maximum Gasteiger partial charge on any atom is 0.418 e. The number of fused-ring (bicyclic) bond motifs is 3. The number of nitrogens with zero attached hydrogens (tertiary/aromatic N) is 1. The van der Waals surface area contributed by atoms with Crippen molar-refractivity contribution in [3.63, 3.8) is 0 Å². The van der Waals surface area contributed by atoms with Gasteiger partial charge in [-0.15, -0.1) is 0 Å². The molecule has 116 valence electrons. The quantitative estimate of drug-likeness (QED) is 0.898. The molecular weight excluding hydrogens is 277 g/mol. The predicted octanol–water partition coefficient (Wildman–Crippen LogP) is 3.55. The van der Waals surface area contributed by atoms with Gasteiger partial charge in [0, 0.05) is 25.6 Å². The lowest BCUT2D eigenvalue weighted by atomic mass is 9.88. The SMILES string of the molecule is CCCc1cc2c(c(C(F)(F)F)c1)N(C)[C@@H]1CCNC[C@H]21. The first-order valence-electron chi connectivity index (χ1n) is 7.61. The van der Waals surface area contributed by atoms with Gasteiger partial charge in [-0.1, -0.05) is 19.4 Å². The van der Waals surface area contributed by atoms with Crippen molar-refractivity contribution in [2.75, 3.05) is 25.0 Å². The maximum atomic E-state index is 13.5. The minimum atomic E-state index is -4.29. The van der Waals surface area contributed by atoms with Crippen molar-refractivity contribution < 1.29 is 13.2 Å². The zero-order valence-corrected chi connectivity index (χ0v) is 12.4. The van der Waals surface area contributed by atoms with E-state index in [1.165, 1.54) is 6.07 Å². The van der Waals surface area contributed by atoms with Crippen LogP contribution in [-0.2, 0) is 12.6 Å². The molecule has 1 N–H and O–H groups in total. The molecule has 0 aliphatic carbocycles. The van der Waals surface area contributed by atoms with Crippen LogP contribution in [0.15, 0.2) is 12.1 Å². The Morgan fingerprint density at radius 2 is 2.10 bits per heavy atom. The zero-order valence-electron chi connectivity index (χ0n) is 12.4. The van der Waals surface area contributed by atoms with Crippen LogP contribution >= 0.6 is 0 Å². The first-order chi connectivity index (χ1) is 9.93. The van der Waals surface area contributed by atoms with Crippen molar-refractivity contribution >= 4 is 5.69 Å². The third-order valence-electron chi connectivity index (χ3n) is 4.74. The van der Waals surface area contributed by atoms with Crippen LogP contribution in [0.1, 0.15) is 42.4 Å². The molecule has 0 radical (unpaired) electrons. The van der Waals surface area contributed by atoms with Gasteiger partial charge in [-0.3, -0.25) is 0 Å². The molecule has 0 spiro atoms. The monoisotopic (exact) mass is 298 g/mol. The average Bonchev–Trinajstić information content (AvgIpc) is 2.72. The molecule has 1 saturated heterocycles. The molecule has 2 aliphatic rings. The van der Waals surface area contributed by atoms with E-state index in [1.807, 2.05) is 24.9 Å². The first kappa shape index (κ1) is 14.7. The standard InChI is InChI=1S/C16H21F3N2/c1-3-4-10-7-11-12-9-20-6-5-14(12)21(2)15(11)13(8-10)16(17,18)19/h7-8,12,14,20H,3-6,9H2,1-2H3/t12-,14-/m1/s1. The topological polar surface area (TPSA) is 15.3 Å². The van der Waals surface area contributed by atoms with Gasteiger partial charge in [0.2, 0.25) is 0 Å². The van der Waals surface area contributed by atoms with Gasteiger partial charge in [-0.25, -0.2) is 0 Å². The molecule has 0 bridgehead atoms. The molecule has 1 aromatic carbocycles. The molecule has 0 aromatic heterocycles. The molecule has 0 saturated carbocycles. The highest BCUT2D eigenvalue weighted by Crippen LogP contribution is 2.49. The summed E-state index contributed by atoms with van der Waals surface area (Å²) in [5.74, 6) is 0.177. The summed E-state index contributed by atoms with van der Waals surface area (Å²) < 4.78 is 40.4. The fourth-order valence-electron chi connectivity index (χ4n) is 3.84. The minimum absolute atomic E-state index is 0.177. The first-order valence-corrected chi connectivity index (χ1v) is 7.61. The summed E-state index contributed by atoms with van der Waals surface area (Å²) in [4.78, 5) is 1.86. The van der Waals surface area contributed by atoms with E-state index in [0.717, 1.165) is 37.1 Å². The lowest BCUT2D eigenvalue weighted by Gasteiger charge is -2.31. The molecular formula is C16H21F3N2. The van der Waals surface area contributed by atoms with Crippen molar-refractivity contribution in [1.82, 2.24) is 5.32 Å². The average molecular weight is 298 g/mol. The summed E-state index contributed by atoms with van der Waals surface area (Å²) in [6, 6.07) is 3.55. The van der Waals surface area contributed by atoms with E-state index in [1.54, 1.807) is 0 Å². The Hall–Kier alpha value is -1.23. The van der Waals surface area contributed by atoms with Crippen LogP contribution in [0.5, 0.6) is 0 Å². The molecule has 1 fully saturated rings. The number of rotatable bonds is 2. The van der Waals surface area contributed by atoms with Crippen molar-refractivity contribution in [3.05, 3.63) is 28.8 Å². The Morgan fingerprint density at radius 3 is 2.76 bits per heavy atom. The van der Waals surface area contributed by atoms with Crippen LogP contribution in [-0.4, -0.2) is 26.2 Å². The lowest BCUT2D eigenvalue weighted by Crippen LogP contribution is -2.42. The highest BCUT2D eigenvalue weighted by atomic mass is 19.4. The molecule has 2 aliphatic heterocycles. The normalized spacial score (nSPS) is 24.9. The summed E-state index contributed by atoms with van der Waals surface area (Å²) in [6.07, 6.45) is -1.83. The molecule has 21 heavy (non-hydrogen) atoms. The van der Waals surface area contributed by atoms with Crippen LogP contribution in [0, 0.1) is 0 Å². The van der Waals surface area contributed by atoms with Crippen LogP contribution in [0.25, 0.3) is 0 Å². The largest absolute Gasteiger partial charge is 0.418 e. The van der Waals surface area contributed by atoms with E-state index in [0.29, 0.717) is 12.1 Å². The van der Waals surface area contributed by atoms with Crippen LogP contribution in [0.3, 0.4) is 0 Å². The maximum absolute atomic E-state index is 13.5. The second-order valence-electron chi connectivity index (χ2n) is 6.11. The van der Waals surface area contributed by atoms with Gasteiger partial charge in [0.1, 0.15) is 0 Å². The van der Waals surface area contributed by atoms with Gasteiger partial charge in [0.25, 0.3) is 0 Å². The van der Waals surface area contributed by atoms with E-state index in [4.69, 9.17) is 0 Å². The van der Waals surface area contributed by atoms with Gasteiger partial charge in [0.15, 0.2) is 0 Å². The van der Waals surface area contributed by atoms with Gasteiger partial charge >= 0.3 is 6.18 Å². The Kier molecular flexibility index (Phi) is 3.64. The third-order valence-corrected chi connectivity index (χ3v) is 4.74. The summed E-state index contributed by atoms with van der Waals surface area (Å²) in [6.45, 7) is 3.65. The number of hydrogen-bond acceptors (Lipinski definition) is 2. The molecule has 0 amide bonds. The number of hydrogen-bond donors (Lipinski definition) is 1. The molecule has 0 unspecified atom stereocenters. The number of nitrogens with one attached hydrogen (secondary N) is 1. The number of benzene rings is 1. The van der Waals surface area contributed by atoms with Crippen molar-refractivity contribution in [3.8, 4) is 0 Å². The van der Waals surface area contributed by atoms with E-state index < -0.39 is 11.7 Å². The van der Waals surface area contributed by atoms with Gasteiger partial charge in [-0.05, 0) is 36.6 Å². The molecule has 3 rings (SSSR count). The fraction of sp³-hybridized carbons (Fsp3) is 0.625. The number of likely N-dealkylation sites (N-methyl/N-ethyl adjacent to an activating group) is 1. The van der Waals surface area contributed by atoms with Gasteiger partial charge in [-0.2, -0.15) is 13.2 Å². The summed E-state index contributed by atoms with van der Waals surface area (Å²) >= 11 is 0. The second-order valence-corrected chi connectivity index (χ2v) is 6.11. The summed E-state index contributed by atoms with van der Waals surface area (Å²) in [7, 11) is 1.81. The zero-order chi connectivity index (χ0) is 15.2. The van der Waals surface area contributed by atoms with Crippen LogP contribution in [0.4, 0.5) is 18.9 Å². The van der Waals surface area contributed by atoms with E-state index >= 15 is 0 Å². The lowest BCUT2D eigenvalue weighted by molar-refractivity contribution is -0.137. The Morgan fingerprint density at radius 1 is 1.33 bits per heavy atom. The van der Waals surface area contributed by atoms with E-state index in [2.05, 4.69) is 5.32 Å². The van der Waals surface area contributed by atoms with Crippen LogP contribution in [0.2, 0.25) is 0 Å². The molecule has 5 heteroatoms. The molecule has 2 nitrogen and oxygen atoms in total. The van der Waals surface area contributed by atoms with Gasteiger partial charge in [0.05, 0.1) is 11.3 Å². The highest BCUT2D eigenvalue weighted by Gasteiger charge is 2.44. The Balaban J connectivity index is 2.15. The minimum Gasteiger partial charge on any atom is -0.370 e. The third kappa shape index (κ3) is 2.41. The number of anilines is 1. The van der Waals surface area contributed by atoms with E-state index in [-0.39, 0.29) is 12.0 Å². The van der Waals surface area contributed by atoms with Crippen molar-refractivity contribution in [2.24, 2.45) is 0 Å². The Labute approximate surface area is 123 Å². The summed E-state index contributed by atoms with van der Waals surface area (Å²) in [5, 5.41) is 3.32. The highest BCUT2D eigenvalue weighted by molar-refractivity contribution is 5.68. The van der Waals surface area contributed by atoms with Gasteiger partial charge < -0.3 is 10.2 Å². The Bertz CT molecular complexity index is 539. The molecule has 2 heterocycles. The summed E-state index contributed by atoms with van der Waals surface area (Å²) in [5.41, 5.74) is 1.64. The van der Waals surface area contributed by atoms with Crippen molar-refractivity contribution in [1.29, 1.82) is 0 Å². The van der Waals surface area contributed by atoms with E-state index in [9.17, 15) is 13.2 Å². The van der Waals surface area contributed by atoms with Crippen LogP contribution < -0.4 is 10.2 Å². The predicted molar refractivity (Wildman–Crippen MR) is 77.9 cm³/mol. The number of alkyl halides is 3. The number of piperidine rings is 1.